The summed E-state index contributed by atoms with van der Waals surface area (Å²) < 4.78 is 0. The second-order valence-electron chi connectivity index (χ2n) is 5.22. The van der Waals surface area contributed by atoms with Crippen LogP contribution in [0.1, 0.15) is 25.5 Å². The van der Waals surface area contributed by atoms with E-state index in [4.69, 9.17) is 0 Å². The third-order valence-corrected chi connectivity index (χ3v) is 3.59. The van der Waals surface area contributed by atoms with Gasteiger partial charge in [0.1, 0.15) is 5.82 Å². The third-order valence-electron chi connectivity index (χ3n) is 3.59. The molecule has 3 aromatic rings. The monoisotopic (exact) mass is 292 g/mol. The van der Waals surface area contributed by atoms with Gasteiger partial charge in [0.05, 0.1) is 11.6 Å². The first-order chi connectivity index (χ1) is 10.8. The zero-order valence-electron chi connectivity index (χ0n) is 12.9. The van der Waals surface area contributed by atoms with Crippen molar-refractivity contribution in [3.05, 3.63) is 60.2 Å². The Morgan fingerprint density at radius 3 is 2.45 bits per heavy atom. The van der Waals surface area contributed by atoms with Gasteiger partial charge in [-0.2, -0.15) is 4.98 Å². The van der Waals surface area contributed by atoms with Gasteiger partial charge in [0.2, 0.25) is 5.95 Å². The number of benzene rings is 2. The second-order valence-corrected chi connectivity index (χ2v) is 5.22. The van der Waals surface area contributed by atoms with Crippen molar-refractivity contribution < 1.29 is 0 Å². The van der Waals surface area contributed by atoms with Crippen molar-refractivity contribution in [2.24, 2.45) is 0 Å². The van der Waals surface area contributed by atoms with Crippen LogP contribution >= 0.6 is 0 Å². The Morgan fingerprint density at radius 1 is 0.955 bits per heavy atom. The van der Waals surface area contributed by atoms with E-state index in [1.165, 1.54) is 5.56 Å². The molecule has 1 heterocycles. The number of rotatable bonds is 5. The van der Waals surface area contributed by atoms with Crippen LogP contribution in [-0.2, 0) is 0 Å². The van der Waals surface area contributed by atoms with Gasteiger partial charge < -0.3 is 10.6 Å². The molecule has 0 saturated heterocycles. The number of hydrogen-bond donors (Lipinski definition) is 2. The Labute approximate surface area is 130 Å². The molecule has 0 radical (unpaired) electrons. The van der Waals surface area contributed by atoms with Gasteiger partial charge in [-0.1, -0.05) is 42.5 Å². The molecule has 4 nitrogen and oxygen atoms in total. The summed E-state index contributed by atoms with van der Waals surface area (Å²) in [6.45, 7) is 5.01. The molecule has 0 amide bonds. The van der Waals surface area contributed by atoms with E-state index in [1.807, 2.05) is 42.5 Å². The molecular formula is C18H20N4. The number of nitrogens with zero attached hydrogens (tertiary/aromatic N) is 2. The molecule has 0 saturated carbocycles. The van der Waals surface area contributed by atoms with Gasteiger partial charge in [0, 0.05) is 11.9 Å². The van der Waals surface area contributed by atoms with Crippen molar-refractivity contribution >= 4 is 22.7 Å². The van der Waals surface area contributed by atoms with E-state index in [1.54, 1.807) is 0 Å². The number of hydrogen-bond acceptors (Lipinski definition) is 4. The molecule has 2 aromatic carbocycles. The maximum Gasteiger partial charge on any atom is 0.225 e. The molecule has 2 N–H and O–H groups in total. The zero-order valence-corrected chi connectivity index (χ0v) is 12.9. The predicted octanol–water partition coefficient (Wildman–Crippen LogP) is 4.23. The SMILES string of the molecule is CCNc1nc(NC(C)c2ccccc2)nc2ccccc12. The highest BCUT2D eigenvalue weighted by Gasteiger charge is 2.10. The standard InChI is InChI=1S/C18H20N4/c1-3-19-17-15-11-7-8-12-16(15)21-18(22-17)20-13(2)14-9-5-4-6-10-14/h4-13H,3H2,1-2H3,(H2,19,20,21,22). The topological polar surface area (TPSA) is 49.8 Å². The molecule has 0 spiro atoms. The molecule has 22 heavy (non-hydrogen) atoms. The highest BCUT2D eigenvalue weighted by Crippen LogP contribution is 2.24. The van der Waals surface area contributed by atoms with Crippen LogP contribution in [0, 0.1) is 0 Å². The molecule has 4 heteroatoms. The van der Waals surface area contributed by atoms with Crippen LogP contribution in [-0.4, -0.2) is 16.5 Å². The van der Waals surface area contributed by atoms with Gasteiger partial charge in [0.15, 0.2) is 0 Å². The molecule has 0 bridgehead atoms. The van der Waals surface area contributed by atoms with Crippen LogP contribution in [0.5, 0.6) is 0 Å². The number of aromatic nitrogens is 2. The first kappa shape index (κ1) is 14.3. The molecule has 1 aromatic heterocycles. The number of fused-ring (bicyclic) bond motifs is 1. The molecule has 3 rings (SSSR count). The van der Waals surface area contributed by atoms with Crippen molar-refractivity contribution in [1.29, 1.82) is 0 Å². The van der Waals surface area contributed by atoms with Gasteiger partial charge in [-0.05, 0) is 31.5 Å². The zero-order chi connectivity index (χ0) is 15.4. The Morgan fingerprint density at radius 2 is 1.68 bits per heavy atom. The Hall–Kier alpha value is -2.62. The van der Waals surface area contributed by atoms with Crippen molar-refractivity contribution in [2.45, 2.75) is 19.9 Å². The average molecular weight is 292 g/mol. The fourth-order valence-corrected chi connectivity index (χ4v) is 2.46. The van der Waals surface area contributed by atoms with E-state index in [0.29, 0.717) is 5.95 Å². The van der Waals surface area contributed by atoms with E-state index in [0.717, 1.165) is 23.3 Å². The van der Waals surface area contributed by atoms with E-state index >= 15 is 0 Å². The summed E-state index contributed by atoms with van der Waals surface area (Å²) in [6, 6.07) is 18.5. The van der Waals surface area contributed by atoms with Crippen LogP contribution in [0.2, 0.25) is 0 Å². The Bertz CT molecular complexity index is 755. The lowest BCUT2D eigenvalue weighted by atomic mass is 10.1. The van der Waals surface area contributed by atoms with E-state index in [2.05, 4.69) is 46.6 Å². The quantitative estimate of drug-likeness (QED) is 0.738. The molecule has 1 atom stereocenters. The minimum Gasteiger partial charge on any atom is -0.370 e. The molecular weight excluding hydrogens is 272 g/mol. The molecule has 0 fully saturated rings. The summed E-state index contributed by atoms with van der Waals surface area (Å²) in [4.78, 5) is 9.24. The van der Waals surface area contributed by atoms with Gasteiger partial charge >= 0.3 is 0 Å². The lowest BCUT2D eigenvalue weighted by Crippen LogP contribution is -2.11. The largest absolute Gasteiger partial charge is 0.370 e. The lowest BCUT2D eigenvalue weighted by molar-refractivity contribution is 0.864. The van der Waals surface area contributed by atoms with Crippen molar-refractivity contribution in [3.63, 3.8) is 0 Å². The first-order valence-electron chi connectivity index (χ1n) is 7.60. The molecule has 0 aliphatic rings. The average Bonchev–Trinajstić information content (AvgIpc) is 2.56. The number of para-hydroxylation sites is 1. The van der Waals surface area contributed by atoms with Crippen molar-refractivity contribution in [2.75, 3.05) is 17.2 Å². The van der Waals surface area contributed by atoms with E-state index in [-0.39, 0.29) is 6.04 Å². The third kappa shape index (κ3) is 3.01. The summed E-state index contributed by atoms with van der Waals surface area (Å²) in [6.07, 6.45) is 0. The van der Waals surface area contributed by atoms with Gasteiger partial charge in [-0.15, -0.1) is 0 Å². The number of nitrogens with one attached hydrogen (secondary N) is 2. The smallest absolute Gasteiger partial charge is 0.225 e. The minimum atomic E-state index is 0.150. The summed E-state index contributed by atoms with van der Waals surface area (Å²) >= 11 is 0. The summed E-state index contributed by atoms with van der Waals surface area (Å²) in [5, 5.41) is 7.74. The highest BCUT2D eigenvalue weighted by atomic mass is 15.2. The molecule has 0 aliphatic carbocycles. The fraction of sp³-hybridized carbons (Fsp3) is 0.222. The van der Waals surface area contributed by atoms with Crippen molar-refractivity contribution in [1.82, 2.24) is 9.97 Å². The molecule has 112 valence electrons. The van der Waals surface area contributed by atoms with Gasteiger partial charge in [-0.3, -0.25) is 0 Å². The van der Waals surface area contributed by atoms with Gasteiger partial charge in [0.25, 0.3) is 0 Å². The number of anilines is 2. The summed E-state index contributed by atoms with van der Waals surface area (Å²) in [5.74, 6) is 1.52. The fourth-order valence-electron chi connectivity index (χ4n) is 2.46. The van der Waals surface area contributed by atoms with E-state index in [9.17, 15) is 0 Å². The Kier molecular flexibility index (Phi) is 4.19. The normalized spacial score (nSPS) is 12.1. The van der Waals surface area contributed by atoms with Crippen molar-refractivity contribution in [3.8, 4) is 0 Å². The lowest BCUT2D eigenvalue weighted by Gasteiger charge is -2.16. The predicted molar refractivity (Wildman–Crippen MR) is 92.2 cm³/mol. The highest BCUT2D eigenvalue weighted by molar-refractivity contribution is 5.90. The van der Waals surface area contributed by atoms with E-state index < -0.39 is 0 Å². The van der Waals surface area contributed by atoms with Crippen LogP contribution in [0.25, 0.3) is 10.9 Å². The summed E-state index contributed by atoms with van der Waals surface area (Å²) in [7, 11) is 0. The van der Waals surface area contributed by atoms with Crippen LogP contribution in [0.3, 0.4) is 0 Å². The van der Waals surface area contributed by atoms with Gasteiger partial charge in [-0.25, -0.2) is 4.98 Å². The van der Waals surface area contributed by atoms with Crippen LogP contribution in [0.4, 0.5) is 11.8 Å². The second kappa shape index (κ2) is 6.43. The molecule has 1 unspecified atom stereocenters. The molecule has 0 aliphatic heterocycles. The Balaban J connectivity index is 1.93. The first-order valence-corrected chi connectivity index (χ1v) is 7.60. The van der Waals surface area contributed by atoms with Crippen LogP contribution < -0.4 is 10.6 Å². The maximum atomic E-state index is 4.62. The minimum absolute atomic E-state index is 0.150. The van der Waals surface area contributed by atoms with Crippen LogP contribution in [0.15, 0.2) is 54.6 Å². The maximum absolute atomic E-state index is 4.62. The summed E-state index contributed by atoms with van der Waals surface area (Å²) in [5.41, 5.74) is 2.15.